The maximum Gasteiger partial charge on any atom is 0.0132 e. The van der Waals surface area contributed by atoms with Crippen LogP contribution in [0, 0.1) is 5.92 Å². The van der Waals surface area contributed by atoms with Crippen molar-refractivity contribution in [2.24, 2.45) is 5.92 Å². The Morgan fingerprint density at radius 3 is 2.31 bits per heavy atom. The molecule has 0 aromatic heterocycles. The van der Waals surface area contributed by atoms with Gasteiger partial charge in [0, 0.05) is 19.6 Å². The lowest BCUT2D eigenvalue weighted by molar-refractivity contribution is 0.511. The predicted molar refractivity (Wildman–Crippen MR) is 73.9 cm³/mol. The summed E-state index contributed by atoms with van der Waals surface area (Å²) in [7, 11) is 0. The van der Waals surface area contributed by atoms with Crippen molar-refractivity contribution in [1.82, 2.24) is 10.6 Å². The van der Waals surface area contributed by atoms with E-state index in [1.54, 1.807) is 0 Å². The molecule has 16 heavy (non-hydrogen) atoms. The standard InChI is InChI=1S/C14H30N2/c1-4-10-15-12-13-16-11-8-6-5-7-9-14(2)3/h4,14-16H,1,5-13H2,2-3H3. The van der Waals surface area contributed by atoms with Crippen molar-refractivity contribution in [3.8, 4) is 0 Å². The monoisotopic (exact) mass is 226 g/mol. The Hall–Kier alpha value is -0.340. The maximum absolute atomic E-state index is 3.67. The van der Waals surface area contributed by atoms with Gasteiger partial charge in [-0.15, -0.1) is 6.58 Å². The molecule has 0 aromatic carbocycles. The van der Waals surface area contributed by atoms with Crippen molar-refractivity contribution in [3.63, 3.8) is 0 Å². The first-order chi connectivity index (χ1) is 7.77. The van der Waals surface area contributed by atoms with Crippen LogP contribution in [-0.4, -0.2) is 26.2 Å². The first-order valence-corrected chi connectivity index (χ1v) is 6.79. The van der Waals surface area contributed by atoms with Crippen LogP contribution in [0.2, 0.25) is 0 Å². The maximum atomic E-state index is 3.67. The van der Waals surface area contributed by atoms with Gasteiger partial charge in [0.2, 0.25) is 0 Å². The minimum atomic E-state index is 0.869. The molecule has 0 aliphatic carbocycles. The Kier molecular flexibility index (Phi) is 12.5. The second kappa shape index (κ2) is 12.7. The number of nitrogens with one attached hydrogen (secondary N) is 2. The molecule has 0 heterocycles. The Morgan fingerprint density at radius 2 is 1.62 bits per heavy atom. The molecule has 0 saturated carbocycles. The number of hydrogen-bond donors (Lipinski definition) is 2. The fraction of sp³-hybridized carbons (Fsp3) is 0.857. The molecule has 2 heteroatoms. The highest BCUT2D eigenvalue weighted by Gasteiger charge is 1.94. The summed E-state index contributed by atoms with van der Waals surface area (Å²) < 4.78 is 0. The minimum Gasteiger partial charge on any atom is -0.315 e. The normalized spacial score (nSPS) is 10.9. The number of rotatable bonds is 12. The first kappa shape index (κ1) is 15.7. The fourth-order valence-electron chi connectivity index (χ4n) is 1.66. The zero-order valence-corrected chi connectivity index (χ0v) is 11.2. The van der Waals surface area contributed by atoms with E-state index < -0.39 is 0 Å². The summed E-state index contributed by atoms with van der Waals surface area (Å²) in [6.07, 6.45) is 8.78. The third-order valence-corrected chi connectivity index (χ3v) is 2.65. The molecule has 0 amide bonds. The van der Waals surface area contributed by atoms with Gasteiger partial charge in [0.1, 0.15) is 0 Å². The minimum absolute atomic E-state index is 0.869. The van der Waals surface area contributed by atoms with Crippen LogP contribution in [0.3, 0.4) is 0 Å². The van der Waals surface area contributed by atoms with E-state index in [0.717, 1.165) is 32.1 Å². The van der Waals surface area contributed by atoms with Crippen LogP contribution in [0.25, 0.3) is 0 Å². The highest BCUT2D eigenvalue weighted by molar-refractivity contribution is 4.69. The van der Waals surface area contributed by atoms with Gasteiger partial charge in [-0.3, -0.25) is 0 Å². The van der Waals surface area contributed by atoms with Crippen LogP contribution in [0.5, 0.6) is 0 Å². The van der Waals surface area contributed by atoms with E-state index >= 15 is 0 Å². The van der Waals surface area contributed by atoms with Crippen LogP contribution in [-0.2, 0) is 0 Å². The fourth-order valence-corrected chi connectivity index (χ4v) is 1.66. The van der Waals surface area contributed by atoms with E-state index in [1.165, 1.54) is 32.1 Å². The summed E-state index contributed by atoms with van der Waals surface area (Å²) in [5.74, 6) is 0.869. The van der Waals surface area contributed by atoms with Crippen LogP contribution in [0.1, 0.15) is 46.0 Å². The van der Waals surface area contributed by atoms with Gasteiger partial charge in [0.15, 0.2) is 0 Å². The zero-order valence-electron chi connectivity index (χ0n) is 11.2. The van der Waals surface area contributed by atoms with Crippen molar-refractivity contribution >= 4 is 0 Å². The predicted octanol–water partition coefficient (Wildman–Crippen LogP) is 2.96. The molecule has 0 aromatic rings. The molecule has 0 fully saturated rings. The molecule has 0 rings (SSSR count). The average molecular weight is 226 g/mol. The lowest BCUT2D eigenvalue weighted by Crippen LogP contribution is -2.27. The molecule has 0 aliphatic heterocycles. The molecule has 0 atom stereocenters. The summed E-state index contributed by atoms with van der Waals surface area (Å²) in [6, 6.07) is 0. The molecule has 0 aliphatic rings. The van der Waals surface area contributed by atoms with Crippen LogP contribution in [0.15, 0.2) is 12.7 Å². The first-order valence-electron chi connectivity index (χ1n) is 6.79. The van der Waals surface area contributed by atoms with Crippen LogP contribution in [0.4, 0.5) is 0 Å². The summed E-state index contributed by atoms with van der Waals surface area (Å²) in [5, 5.41) is 6.73. The topological polar surface area (TPSA) is 24.1 Å². The van der Waals surface area contributed by atoms with Gasteiger partial charge < -0.3 is 10.6 Å². The van der Waals surface area contributed by atoms with Gasteiger partial charge in [-0.05, 0) is 18.9 Å². The van der Waals surface area contributed by atoms with E-state index in [0.29, 0.717) is 0 Å². The van der Waals surface area contributed by atoms with Crippen molar-refractivity contribution < 1.29 is 0 Å². The van der Waals surface area contributed by atoms with Crippen LogP contribution >= 0.6 is 0 Å². The van der Waals surface area contributed by atoms with E-state index in [-0.39, 0.29) is 0 Å². The Bertz CT molecular complexity index is 144. The van der Waals surface area contributed by atoms with Crippen molar-refractivity contribution in [2.75, 3.05) is 26.2 Å². The van der Waals surface area contributed by atoms with Gasteiger partial charge in [-0.2, -0.15) is 0 Å². The highest BCUT2D eigenvalue weighted by Crippen LogP contribution is 2.08. The average Bonchev–Trinajstić information content (AvgIpc) is 2.25. The molecular formula is C14H30N2. The van der Waals surface area contributed by atoms with Crippen molar-refractivity contribution in [3.05, 3.63) is 12.7 Å². The quantitative estimate of drug-likeness (QED) is 0.395. The van der Waals surface area contributed by atoms with Crippen LogP contribution < -0.4 is 10.6 Å². The Labute approximate surface area is 102 Å². The molecule has 96 valence electrons. The SMILES string of the molecule is C=CCNCCNCCCCCCC(C)C. The third kappa shape index (κ3) is 13.7. The third-order valence-electron chi connectivity index (χ3n) is 2.65. The molecule has 0 unspecified atom stereocenters. The van der Waals surface area contributed by atoms with Crippen molar-refractivity contribution in [1.29, 1.82) is 0 Å². The number of unbranched alkanes of at least 4 members (excludes halogenated alkanes) is 3. The van der Waals surface area contributed by atoms with E-state index in [9.17, 15) is 0 Å². The van der Waals surface area contributed by atoms with Gasteiger partial charge in [0.25, 0.3) is 0 Å². The molecule has 0 bridgehead atoms. The second-order valence-corrected chi connectivity index (χ2v) is 4.84. The second-order valence-electron chi connectivity index (χ2n) is 4.84. The molecule has 2 nitrogen and oxygen atoms in total. The number of hydrogen-bond acceptors (Lipinski definition) is 2. The summed E-state index contributed by atoms with van der Waals surface area (Å²) >= 11 is 0. The smallest absolute Gasteiger partial charge is 0.0132 e. The lowest BCUT2D eigenvalue weighted by atomic mass is 10.0. The zero-order chi connectivity index (χ0) is 12.1. The Balaban J connectivity index is 2.90. The summed E-state index contributed by atoms with van der Waals surface area (Å²) in [4.78, 5) is 0. The van der Waals surface area contributed by atoms with E-state index in [4.69, 9.17) is 0 Å². The van der Waals surface area contributed by atoms with Crippen molar-refractivity contribution in [2.45, 2.75) is 46.0 Å². The largest absolute Gasteiger partial charge is 0.315 e. The molecule has 0 spiro atoms. The Morgan fingerprint density at radius 1 is 0.938 bits per heavy atom. The molecule has 0 saturated heterocycles. The molecular weight excluding hydrogens is 196 g/mol. The van der Waals surface area contributed by atoms with Gasteiger partial charge >= 0.3 is 0 Å². The highest BCUT2D eigenvalue weighted by atomic mass is 14.9. The van der Waals surface area contributed by atoms with E-state index in [1.807, 2.05) is 6.08 Å². The van der Waals surface area contributed by atoms with Gasteiger partial charge in [-0.1, -0.05) is 45.6 Å². The van der Waals surface area contributed by atoms with Gasteiger partial charge in [0.05, 0.1) is 0 Å². The molecule has 0 radical (unpaired) electrons. The van der Waals surface area contributed by atoms with E-state index in [2.05, 4.69) is 31.1 Å². The lowest BCUT2D eigenvalue weighted by Gasteiger charge is -2.06. The summed E-state index contributed by atoms with van der Waals surface area (Å²) in [6.45, 7) is 12.5. The summed E-state index contributed by atoms with van der Waals surface area (Å²) in [5.41, 5.74) is 0. The van der Waals surface area contributed by atoms with Gasteiger partial charge in [-0.25, -0.2) is 0 Å². The molecule has 2 N–H and O–H groups in total.